The van der Waals surface area contributed by atoms with Crippen LogP contribution in [-0.2, 0) is 0 Å². The van der Waals surface area contributed by atoms with Crippen molar-refractivity contribution in [2.24, 2.45) is 0 Å². The number of allylic oxidation sites excluding steroid dienone is 2. The second kappa shape index (κ2) is 1.93. The maximum Gasteiger partial charge on any atom is 0.256 e. The van der Waals surface area contributed by atoms with Gasteiger partial charge in [0.2, 0.25) is 0 Å². The zero-order valence-electron chi connectivity index (χ0n) is 4.66. The summed E-state index contributed by atoms with van der Waals surface area (Å²) in [7, 11) is 0. The first-order chi connectivity index (χ1) is 4.13. The van der Waals surface area contributed by atoms with Crippen molar-refractivity contribution in [3.8, 4) is 0 Å². The molecule has 50 valence electrons. The zero-order valence-corrected chi connectivity index (χ0v) is 4.66. The summed E-state index contributed by atoms with van der Waals surface area (Å²) in [6.45, 7) is 0. The molecule has 2 nitrogen and oxygen atoms in total. The summed E-state index contributed by atoms with van der Waals surface area (Å²) in [5, 5.41) is 17.3. The third-order valence-electron chi connectivity index (χ3n) is 1.15. The van der Waals surface area contributed by atoms with Crippen LogP contribution in [0.3, 0.4) is 0 Å². The molecule has 0 saturated heterocycles. The number of aliphatic hydroxyl groups is 2. The second-order valence-electron chi connectivity index (χ2n) is 1.92. The fourth-order valence-electron chi connectivity index (χ4n) is 0.593. The zero-order chi connectivity index (χ0) is 6.91. The van der Waals surface area contributed by atoms with Gasteiger partial charge in [-0.05, 0) is 6.08 Å². The molecule has 0 aromatic rings. The molecule has 3 heteroatoms. The third-order valence-corrected chi connectivity index (χ3v) is 1.15. The molecular formula is C6H7FO2. The second-order valence-corrected chi connectivity index (χ2v) is 1.92. The lowest BCUT2D eigenvalue weighted by atomic mass is 10.1. The van der Waals surface area contributed by atoms with Gasteiger partial charge in [-0.1, -0.05) is 18.2 Å². The van der Waals surface area contributed by atoms with Gasteiger partial charge >= 0.3 is 0 Å². The molecule has 9 heavy (non-hydrogen) atoms. The summed E-state index contributed by atoms with van der Waals surface area (Å²) in [4.78, 5) is 0. The van der Waals surface area contributed by atoms with Crippen LogP contribution in [-0.4, -0.2) is 22.2 Å². The van der Waals surface area contributed by atoms with Crippen LogP contribution in [0.25, 0.3) is 0 Å². The Hall–Kier alpha value is -0.670. The smallest absolute Gasteiger partial charge is 0.256 e. The van der Waals surface area contributed by atoms with Crippen molar-refractivity contribution in [2.75, 3.05) is 0 Å². The van der Waals surface area contributed by atoms with Crippen LogP contribution in [0, 0.1) is 0 Å². The van der Waals surface area contributed by atoms with Crippen molar-refractivity contribution in [2.45, 2.75) is 12.0 Å². The fourth-order valence-corrected chi connectivity index (χ4v) is 0.593. The Labute approximate surface area is 51.9 Å². The van der Waals surface area contributed by atoms with Gasteiger partial charge in [0.25, 0.3) is 5.85 Å². The van der Waals surface area contributed by atoms with E-state index in [0.717, 1.165) is 6.08 Å². The van der Waals surface area contributed by atoms with E-state index >= 15 is 0 Å². The number of aliphatic hydroxyl groups excluding tert-OH is 1. The molecule has 0 bridgehead atoms. The number of hydrogen-bond acceptors (Lipinski definition) is 2. The van der Waals surface area contributed by atoms with Crippen molar-refractivity contribution >= 4 is 0 Å². The van der Waals surface area contributed by atoms with Gasteiger partial charge in [-0.2, -0.15) is 0 Å². The van der Waals surface area contributed by atoms with Crippen LogP contribution < -0.4 is 0 Å². The summed E-state index contributed by atoms with van der Waals surface area (Å²) in [5.74, 6) is -2.57. The standard InChI is InChI=1S/C6H7FO2/c7-6(9)4-2-1-3-5(6)8/h1-5,8-9H/t5-,6+/m0/s1. The Morgan fingerprint density at radius 2 is 2.11 bits per heavy atom. The van der Waals surface area contributed by atoms with E-state index in [2.05, 4.69) is 0 Å². The van der Waals surface area contributed by atoms with E-state index in [1.165, 1.54) is 18.2 Å². The minimum absolute atomic E-state index is 0.900. The highest BCUT2D eigenvalue weighted by atomic mass is 19.2. The number of halogens is 1. The van der Waals surface area contributed by atoms with E-state index in [9.17, 15) is 4.39 Å². The Morgan fingerprint density at radius 3 is 2.44 bits per heavy atom. The first kappa shape index (κ1) is 6.45. The quantitative estimate of drug-likeness (QED) is 0.489. The molecule has 2 atom stereocenters. The van der Waals surface area contributed by atoms with E-state index in [0.29, 0.717) is 0 Å². The first-order valence-corrected chi connectivity index (χ1v) is 2.58. The Kier molecular flexibility index (Phi) is 1.38. The van der Waals surface area contributed by atoms with E-state index < -0.39 is 12.0 Å². The summed E-state index contributed by atoms with van der Waals surface area (Å²) in [6.07, 6.45) is 3.46. The van der Waals surface area contributed by atoms with Crippen LogP contribution in [0.2, 0.25) is 0 Å². The van der Waals surface area contributed by atoms with Crippen molar-refractivity contribution in [3.05, 3.63) is 24.3 Å². The lowest BCUT2D eigenvalue weighted by Crippen LogP contribution is -2.35. The molecule has 0 amide bonds. The number of rotatable bonds is 0. The average Bonchev–Trinajstić information content (AvgIpc) is 1.77. The van der Waals surface area contributed by atoms with E-state index in [4.69, 9.17) is 10.2 Å². The monoisotopic (exact) mass is 130 g/mol. The summed E-state index contributed by atoms with van der Waals surface area (Å²) < 4.78 is 12.4. The minimum atomic E-state index is -2.57. The van der Waals surface area contributed by atoms with Crippen LogP contribution in [0.1, 0.15) is 0 Å². The molecule has 0 spiro atoms. The van der Waals surface area contributed by atoms with Crippen LogP contribution in [0.5, 0.6) is 0 Å². The lowest BCUT2D eigenvalue weighted by molar-refractivity contribution is -0.114. The Morgan fingerprint density at radius 1 is 1.44 bits per heavy atom. The maximum atomic E-state index is 12.4. The maximum absolute atomic E-state index is 12.4. The highest BCUT2D eigenvalue weighted by Gasteiger charge is 2.31. The van der Waals surface area contributed by atoms with E-state index in [1.54, 1.807) is 0 Å². The predicted molar refractivity (Wildman–Crippen MR) is 30.3 cm³/mol. The molecule has 1 rings (SSSR count). The highest BCUT2D eigenvalue weighted by Crippen LogP contribution is 2.18. The van der Waals surface area contributed by atoms with Crippen molar-refractivity contribution < 1.29 is 14.6 Å². The molecule has 0 radical (unpaired) electrons. The summed E-state index contributed by atoms with van der Waals surface area (Å²) in [5.41, 5.74) is 0. The van der Waals surface area contributed by atoms with Gasteiger partial charge < -0.3 is 10.2 Å². The lowest BCUT2D eigenvalue weighted by Gasteiger charge is -2.20. The van der Waals surface area contributed by atoms with Gasteiger partial charge in [-0.25, -0.2) is 4.39 Å². The molecule has 0 saturated carbocycles. The van der Waals surface area contributed by atoms with Gasteiger partial charge in [0.05, 0.1) is 0 Å². The van der Waals surface area contributed by atoms with Crippen LogP contribution >= 0.6 is 0 Å². The number of hydrogen-bond donors (Lipinski definition) is 2. The topological polar surface area (TPSA) is 40.5 Å². The van der Waals surface area contributed by atoms with Gasteiger partial charge in [-0.3, -0.25) is 0 Å². The highest BCUT2D eigenvalue weighted by molar-refractivity contribution is 5.18. The molecule has 0 unspecified atom stereocenters. The van der Waals surface area contributed by atoms with E-state index in [1.807, 2.05) is 0 Å². The minimum Gasteiger partial charge on any atom is -0.383 e. The first-order valence-electron chi connectivity index (χ1n) is 2.58. The Bertz CT molecular complexity index is 160. The molecule has 0 fully saturated rings. The van der Waals surface area contributed by atoms with Crippen molar-refractivity contribution in [3.63, 3.8) is 0 Å². The van der Waals surface area contributed by atoms with Crippen molar-refractivity contribution in [1.29, 1.82) is 0 Å². The summed E-state index contributed by atoms with van der Waals surface area (Å²) >= 11 is 0. The van der Waals surface area contributed by atoms with E-state index in [-0.39, 0.29) is 0 Å². The van der Waals surface area contributed by atoms with Gasteiger partial charge in [0, 0.05) is 0 Å². The average molecular weight is 130 g/mol. The molecule has 0 aromatic heterocycles. The predicted octanol–water partition coefficient (Wildman–Crippen LogP) is 0.131. The van der Waals surface area contributed by atoms with Crippen LogP contribution in [0.4, 0.5) is 4.39 Å². The van der Waals surface area contributed by atoms with Crippen molar-refractivity contribution in [1.82, 2.24) is 0 Å². The molecule has 0 heterocycles. The Balaban J connectivity index is 2.78. The molecule has 0 aliphatic heterocycles. The fraction of sp³-hybridized carbons (Fsp3) is 0.333. The molecule has 0 aromatic carbocycles. The van der Waals surface area contributed by atoms with Gasteiger partial charge in [-0.15, -0.1) is 0 Å². The molecule has 1 aliphatic rings. The number of alkyl halides is 1. The van der Waals surface area contributed by atoms with Crippen LogP contribution in [0.15, 0.2) is 24.3 Å². The molecule has 1 aliphatic carbocycles. The third kappa shape index (κ3) is 1.17. The summed E-state index contributed by atoms with van der Waals surface area (Å²) in [6, 6.07) is 0. The SMILES string of the molecule is O[C@H]1C=CC=C[C@]1(O)F. The largest absolute Gasteiger partial charge is 0.383 e. The van der Waals surface area contributed by atoms with Gasteiger partial charge in [0.15, 0.2) is 0 Å². The molecule has 2 N–H and O–H groups in total. The van der Waals surface area contributed by atoms with Gasteiger partial charge in [0.1, 0.15) is 6.10 Å². The molecular weight excluding hydrogens is 123 g/mol. The normalized spacial score (nSPS) is 41.4.